The predicted octanol–water partition coefficient (Wildman–Crippen LogP) is 2.83. The van der Waals surface area contributed by atoms with E-state index in [1.807, 2.05) is 31.2 Å². The summed E-state index contributed by atoms with van der Waals surface area (Å²) in [4.78, 5) is 14.5. The molecule has 0 N–H and O–H groups in total. The highest BCUT2D eigenvalue weighted by Crippen LogP contribution is 2.20. The van der Waals surface area contributed by atoms with Gasteiger partial charge in [0.15, 0.2) is 0 Å². The van der Waals surface area contributed by atoms with E-state index < -0.39 is 10.0 Å². The number of benzene rings is 2. The smallest absolute Gasteiger partial charge is 0.254 e. The van der Waals surface area contributed by atoms with E-state index in [2.05, 4.69) is 0 Å². The van der Waals surface area contributed by atoms with Gasteiger partial charge < -0.3 is 4.90 Å². The van der Waals surface area contributed by atoms with E-state index in [1.54, 1.807) is 24.9 Å². The number of aryl methyl sites for hydroxylation is 2. The van der Waals surface area contributed by atoms with Crippen LogP contribution >= 0.6 is 0 Å². The Kier molecular flexibility index (Phi) is 5.65. The molecular formula is C19H24N2O3S. The molecular weight excluding hydrogens is 336 g/mol. The van der Waals surface area contributed by atoms with E-state index in [1.165, 1.54) is 26.2 Å². The van der Waals surface area contributed by atoms with Crippen LogP contribution in [0.5, 0.6) is 0 Å². The second kappa shape index (κ2) is 7.37. The largest absolute Gasteiger partial charge is 0.337 e. The maximum Gasteiger partial charge on any atom is 0.254 e. The minimum Gasteiger partial charge on any atom is -0.337 e. The molecule has 0 radical (unpaired) electrons. The Morgan fingerprint density at radius 1 is 0.960 bits per heavy atom. The first kappa shape index (κ1) is 19.1. The molecule has 0 aromatic heterocycles. The first-order valence-electron chi connectivity index (χ1n) is 7.97. The van der Waals surface area contributed by atoms with E-state index in [9.17, 15) is 13.2 Å². The molecule has 2 rings (SSSR count). The average Bonchev–Trinajstić information content (AvgIpc) is 2.56. The van der Waals surface area contributed by atoms with Crippen molar-refractivity contribution in [1.82, 2.24) is 9.21 Å². The van der Waals surface area contributed by atoms with Crippen LogP contribution in [0.1, 0.15) is 27.0 Å². The molecule has 0 aliphatic heterocycles. The van der Waals surface area contributed by atoms with Gasteiger partial charge in [-0.1, -0.05) is 35.9 Å². The number of carbonyl (C=O) groups excluding carboxylic acids is 1. The molecule has 0 unspecified atom stereocenters. The molecule has 0 aliphatic rings. The van der Waals surface area contributed by atoms with E-state index in [0.29, 0.717) is 12.1 Å². The van der Waals surface area contributed by atoms with Crippen molar-refractivity contribution in [2.75, 3.05) is 21.1 Å². The molecule has 2 aromatic carbocycles. The predicted molar refractivity (Wildman–Crippen MR) is 99.0 cm³/mol. The third kappa shape index (κ3) is 4.27. The second-order valence-corrected chi connectivity index (χ2v) is 8.56. The monoisotopic (exact) mass is 360 g/mol. The Balaban J connectivity index is 2.30. The summed E-state index contributed by atoms with van der Waals surface area (Å²) in [5.74, 6) is -0.200. The number of hydrogen-bond donors (Lipinski definition) is 0. The number of rotatable bonds is 5. The summed E-state index contributed by atoms with van der Waals surface area (Å²) in [7, 11) is 1.09. The van der Waals surface area contributed by atoms with Gasteiger partial charge in [0.2, 0.25) is 10.0 Å². The van der Waals surface area contributed by atoms with Gasteiger partial charge in [-0.3, -0.25) is 4.79 Å². The van der Waals surface area contributed by atoms with E-state index in [-0.39, 0.29) is 10.8 Å². The highest BCUT2D eigenvalue weighted by molar-refractivity contribution is 7.89. The zero-order valence-corrected chi connectivity index (χ0v) is 16.1. The maximum atomic E-state index is 12.8. The fourth-order valence-electron chi connectivity index (χ4n) is 2.45. The molecule has 0 saturated carbocycles. The van der Waals surface area contributed by atoms with Gasteiger partial charge in [0.25, 0.3) is 5.91 Å². The van der Waals surface area contributed by atoms with Gasteiger partial charge in [0, 0.05) is 33.3 Å². The van der Waals surface area contributed by atoms with Crippen LogP contribution in [0.15, 0.2) is 47.4 Å². The number of hydrogen-bond acceptors (Lipinski definition) is 3. The molecule has 0 aliphatic carbocycles. The summed E-state index contributed by atoms with van der Waals surface area (Å²) in [5.41, 5.74) is 3.34. The molecule has 0 spiro atoms. The molecule has 0 fully saturated rings. The van der Waals surface area contributed by atoms with Gasteiger partial charge in [-0.2, -0.15) is 0 Å². The Hall–Kier alpha value is -2.18. The van der Waals surface area contributed by atoms with Crippen molar-refractivity contribution in [3.63, 3.8) is 0 Å². The molecule has 0 heterocycles. The van der Waals surface area contributed by atoms with Crippen LogP contribution in [0.2, 0.25) is 0 Å². The van der Waals surface area contributed by atoms with Gasteiger partial charge >= 0.3 is 0 Å². The van der Waals surface area contributed by atoms with E-state index in [4.69, 9.17) is 0 Å². The third-order valence-electron chi connectivity index (χ3n) is 4.11. The lowest BCUT2D eigenvalue weighted by Crippen LogP contribution is -2.28. The van der Waals surface area contributed by atoms with Gasteiger partial charge in [-0.15, -0.1) is 0 Å². The molecule has 6 heteroatoms. The van der Waals surface area contributed by atoms with Gasteiger partial charge in [-0.05, 0) is 37.1 Å². The molecule has 1 amide bonds. The summed E-state index contributed by atoms with van der Waals surface area (Å²) in [6, 6.07) is 12.6. The number of sulfonamides is 1. The molecule has 5 nitrogen and oxygen atoms in total. The summed E-state index contributed by atoms with van der Waals surface area (Å²) in [6.45, 7) is 4.28. The van der Waals surface area contributed by atoms with E-state index in [0.717, 1.165) is 21.0 Å². The topological polar surface area (TPSA) is 57.7 Å². The second-order valence-electron chi connectivity index (χ2n) is 6.41. The molecule has 0 saturated heterocycles. The normalized spacial score (nSPS) is 11.6. The summed E-state index contributed by atoms with van der Waals surface area (Å²) < 4.78 is 25.8. The van der Waals surface area contributed by atoms with Crippen molar-refractivity contribution in [1.29, 1.82) is 0 Å². The fraction of sp³-hybridized carbons (Fsp3) is 0.316. The number of amides is 1. The van der Waals surface area contributed by atoms with Crippen molar-refractivity contribution in [3.8, 4) is 0 Å². The van der Waals surface area contributed by atoms with Crippen LogP contribution in [-0.2, 0) is 16.6 Å². The first-order valence-corrected chi connectivity index (χ1v) is 9.41. The SMILES string of the molecule is Cc1ccc(CN(C)C(=O)c2cc(S(=O)(=O)N(C)C)ccc2C)cc1. The van der Waals surface area contributed by atoms with Crippen LogP contribution in [0, 0.1) is 13.8 Å². The molecule has 134 valence electrons. The van der Waals surface area contributed by atoms with Gasteiger partial charge in [0.1, 0.15) is 0 Å². The Labute approximate surface area is 149 Å². The van der Waals surface area contributed by atoms with Crippen LogP contribution in [0.3, 0.4) is 0 Å². The molecule has 0 bridgehead atoms. The molecule has 25 heavy (non-hydrogen) atoms. The van der Waals surface area contributed by atoms with Crippen molar-refractivity contribution in [3.05, 3.63) is 64.7 Å². The van der Waals surface area contributed by atoms with Crippen LogP contribution in [0.4, 0.5) is 0 Å². The molecule has 2 aromatic rings. The lowest BCUT2D eigenvalue weighted by Gasteiger charge is -2.20. The van der Waals surface area contributed by atoms with Crippen LogP contribution in [0.25, 0.3) is 0 Å². The van der Waals surface area contributed by atoms with Crippen molar-refractivity contribution < 1.29 is 13.2 Å². The first-order chi connectivity index (χ1) is 11.6. The van der Waals surface area contributed by atoms with Gasteiger partial charge in [-0.25, -0.2) is 12.7 Å². The van der Waals surface area contributed by atoms with Crippen molar-refractivity contribution >= 4 is 15.9 Å². The lowest BCUT2D eigenvalue weighted by atomic mass is 10.1. The minimum absolute atomic E-state index is 0.121. The Morgan fingerprint density at radius 3 is 2.12 bits per heavy atom. The standard InChI is InChI=1S/C19H24N2O3S/c1-14-6-9-16(10-7-14)13-21(5)19(22)18-12-17(11-8-15(18)2)25(23,24)20(3)4/h6-12H,13H2,1-5H3. The quantitative estimate of drug-likeness (QED) is 0.824. The fourth-order valence-corrected chi connectivity index (χ4v) is 3.38. The highest BCUT2D eigenvalue weighted by Gasteiger charge is 2.21. The van der Waals surface area contributed by atoms with Crippen LogP contribution in [-0.4, -0.2) is 44.7 Å². The summed E-state index contributed by atoms with van der Waals surface area (Å²) in [5, 5.41) is 0. The van der Waals surface area contributed by atoms with Crippen LogP contribution < -0.4 is 0 Å². The highest BCUT2D eigenvalue weighted by atomic mass is 32.2. The van der Waals surface area contributed by atoms with Crippen molar-refractivity contribution in [2.45, 2.75) is 25.3 Å². The minimum atomic E-state index is -3.58. The third-order valence-corrected chi connectivity index (χ3v) is 5.92. The maximum absolute atomic E-state index is 12.8. The van der Waals surface area contributed by atoms with Gasteiger partial charge in [0.05, 0.1) is 4.90 Å². The average molecular weight is 360 g/mol. The molecule has 0 atom stereocenters. The zero-order chi connectivity index (χ0) is 18.8. The summed E-state index contributed by atoms with van der Waals surface area (Å²) >= 11 is 0. The Bertz CT molecular complexity index is 872. The zero-order valence-electron chi connectivity index (χ0n) is 15.3. The van der Waals surface area contributed by atoms with Crippen molar-refractivity contribution in [2.24, 2.45) is 0 Å². The Morgan fingerprint density at radius 2 is 1.56 bits per heavy atom. The number of nitrogens with zero attached hydrogens (tertiary/aromatic N) is 2. The number of carbonyl (C=O) groups is 1. The van der Waals surface area contributed by atoms with E-state index >= 15 is 0 Å². The lowest BCUT2D eigenvalue weighted by molar-refractivity contribution is 0.0784. The summed E-state index contributed by atoms with van der Waals surface area (Å²) in [6.07, 6.45) is 0.